The first-order valence-electron chi connectivity index (χ1n) is 12.9. The number of unbranched alkanes of at least 4 members (excludes halogenated alkanes) is 1. The number of H-pyrrole nitrogens is 1. The summed E-state index contributed by atoms with van der Waals surface area (Å²) in [6, 6.07) is 27.0. The van der Waals surface area contributed by atoms with Gasteiger partial charge in [-0.3, -0.25) is 9.89 Å². The largest absolute Gasteiger partial charge is 0.449 e. The predicted molar refractivity (Wildman–Crippen MR) is 148 cm³/mol. The van der Waals surface area contributed by atoms with E-state index in [1.807, 2.05) is 54.6 Å². The lowest BCUT2D eigenvalue weighted by molar-refractivity contribution is -0.118. The maximum absolute atomic E-state index is 13.1. The number of aromatic nitrogens is 2. The highest BCUT2D eigenvalue weighted by Crippen LogP contribution is 2.44. The van der Waals surface area contributed by atoms with Crippen LogP contribution in [0.1, 0.15) is 36.3 Å². The van der Waals surface area contributed by atoms with Crippen molar-refractivity contribution < 1.29 is 14.3 Å². The van der Waals surface area contributed by atoms with Crippen molar-refractivity contribution in [2.75, 3.05) is 18.5 Å². The van der Waals surface area contributed by atoms with Crippen molar-refractivity contribution in [1.29, 1.82) is 0 Å². The molecule has 0 saturated heterocycles. The summed E-state index contributed by atoms with van der Waals surface area (Å²) in [5.41, 5.74) is 12.0. The minimum Gasteiger partial charge on any atom is -0.449 e. The molecule has 1 aromatic heterocycles. The van der Waals surface area contributed by atoms with Crippen molar-refractivity contribution in [3.8, 4) is 22.4 Å². The van der Waals surface area contributed by atoms with Gasteiger partial charge in [-0.1, -0.05) is 78.9 Å². The molecule has 1 aliphatic rings. The minimum atomic E-state index is -0.783. The number of ether oxygens (including phenoxy) is 1. The van der Waals surface area contributed by atoms with Crippen molar-refractivity contribution in [2.45, 2.75) is 31.2 Å². The molecule has 0 fully saturated rings. The molecule has 1 atom stereocenters. The van der Waals surface area contributed by atoms with Crippen LogP contribution in [-0.4, -0.2) is 41.4 Å². The molecule has 1 aliphatic carbocycles. The number of alkyl carbamates (subject to hydrolysis) is 1. The van der Waals surface area contributed by atoms with E-state index in [1.165, 1.54) is 0 Å². The average Bonchev–Trinajstić information content (AvgIpc) is 3.54. The molecule has 5 rings (SSSR count). The third kappa shape index (κ3) is 5.60. The number of carbonyl (C=O) groups excluding carboxylic acids is 2. The normalized spacial score (nSPS) is 12.9. The first-order valence-corrected chi connectivity index (χ1v) is 12.9. The number of benzene rings is 3. The summed E-state index contributed by atoms with van der Waals surface area (Å²) in [5, 5.41) is 12.7. The van der Waals surface area contributed by atoms with Gasteiger partial charge in [0.05, 0.1) is 5.69 Å². The van der Waals surface area contributed by atoms with Crippen molar-refractivity contribution >= 4 is 17.8 Å². The fraction of sp³-hybridized carbons (Fsp3) is 0.233. The summed E-state index contributed by atoms with van der Waals surface area (Å²) in [6.45, 7) is 0.690. The summed E-state index contributed by atoms with van der Waals surface area (Å²) >= 11 is 0. The SMILES string of the molecule is NCCCC[C@H](NC(=O)OCC1c2ccccc2-c2ccccc21)C(=O)Nc1cc(-c2ccccc2)[nH]n1. The van der Waals surface area contributed by atoms with E-state index in [1.54, 1.807) is 6.07 Å². The predicted octanol–water partition coefficient (Wildman–Crippen LogP) is 5.05. The van der Waals surface area contributed by atoms with Crippen molar-refractivity contribution in [3.63, 3.8) is 0 Å². The highest BCUT2D eigenvalue weighted by atomic mass is 16.5. The number of nitrogens with one attached hydrogen (secondary N) is 3. The number of nitrogens with two attached hydrogens (primary N) is 1. The van der Waals surface area contributed by atoms with Crippen LogP contribution in [0.25, 0.3) is 22.4 Å². The van der Waals surface area contributed by atoms with Crippen LogP contribution in [-0.2, 0) is 9.53 Å². The van der Waals surface area contributed by atoms with Crippen LogP contribution in [0, 0.1) is 0 Å². The second-order valence-electron chi connectivity index (χ2n) is 9.33. The van der Waals surface area contributed by atoms with Gasteiger partial charge in [0.2, 0.25) is 5.91 Å². The number of hydrogen-bond donors (Lipinski definition) is 4. The molecule has 0 radical (unpaired) electrons. The molecule has 0 bridgehead atoms. The fourth-order valence-electron chi connectivity index (χ4n) is 4.91. The van der Waals surface area contributed by atoms with Crippen molar-refractivity contribution in [3.05, 3.63) is 96.1 Å². The second-order valence-corrected chi connectivity index (χ2v) is 9.33. The van der Waals surface area contributed by atoms with Gasteiger partial charge in [-0.2, -0.15) is 5.10 Å². The van der Waals surface area contributed by atoms with Gasteiger partial charge in [-0.05, 0) is 53.6 Å². The third-order valence-corrected chi connectivity index (χ3v) is 6.81. The van der Waals surface area contributed by atoms with Gasteiger partial charge in [-0.15, -0.1) is 0 Å². The molecule has 0 aliphatic heterocycles. The van der Waals surface area contributed by atoms with Crippen LogP contribution in [0.15, 0.2) is 84.9 Å². The van der Waals surface area contributed by atoms with Gasteiger partial charge in [0.1, 0.15) is 12.6 Å². The molecule has 4 aromatic rings. The monoisotopic (exact) mass is 509 g/mol. The molecule has 38 heavy (non-hydrogen) atoms. The van der Waals surface area contributed by atoms with Gasteiger partial charge in [0.15, 0.2) is 5.82 Å². The molecule has 8 nitrogen and oxygen atoms in total. The fourth-order valence-corrected chi connectivity index (χ4v) is 4.91. The molecule has 3 aromatic carbocycles. The summed E-state index contributed by atoms with van der Waals surface area (Å²) in [6.07, 6.45) is 1.24. The van der Waals surface area contributed by atoms with E-state index in [-0.39, 0.29) is 18.4 Å². The smallest absolute Gasteiger partial charge is 0.407 e. The Bertz CT molecular complexity index is 1360. The van der Waals surface area contributed by atoms with E-state index in [0.717, 1.165) is 39.9 Å². The standard InChI is InChI=1S/C30H31N5O3/c31-17-9-8-16-26(29(36)33-28-18-27(34-35-28)20-10-2-1-3-11-20)32-30(37)38-19-25-23-14-6-4-12-21(23)22-13-5-7-15-24(22)25/h1-7,10-15,18,25-26H,8-9,16-17,19,31H2,(H,32,37)(H2,33,34,35,36)/t26-/m0/s1. The van der Waals surface area contributed by atoms with Gasteiger partial charge in [-0.25, -0.2) is 4.79 Å². The highest BCUT2D eigenvalue weighted by molar-refractivity contribution is 5.96. The number of nitrogens with zero attached hydrogens (tertiary/aromatic N) is 1. The summed E-state index contributed by atoms with van der Waals surface area (Å²) in [7, 11) is 0. The van der Waals surface area contributed by atoms with Crippen LogP contribution in [0.4, 0.5) is 10.6 Å². The molecule has 194 valence electrons. The molecule has 0 saturated carbocycles. The molecular formula is C30H31N5O3. The number of hydrogen-bond acceptors (Lipinski definition) is 5. The average molecular weight is 510 g/mol. The first kappa shape index (κ1) is 25.2. The van der Waals surface area contributed by atoms with E-state index in [9.17, 15) is 9.59 Å². The summed E-state index contributed by atoms with van der Waals surface area (Å²) < 4.78 is 5.66. The van der Waals surface area contributed by atoms with Gasteiger partial charge < -0.3 is 21.1 Å². The Morgan fingerprint density at radius 1 is 0.921 bits per heavy atom. The quantitative estimate of drug-likeness (QED) is 0.223. The molecule has 1 heterocycles. The molecule has 0 unspecified atom stereocenters. The number of fused-ring (bicyclic) bond motifs is 3. The van der Waals surface area contributed by atoms with Crippen LogP contribution in [0.2, 0.25) is 0 Å². The first-order chi connectivity index (χ1) is 18.6. The van der Waals surface area contributed by atoms with Crippen LogP contribution in [0.5, 0.6) is 0 Å². The molecule has 0 spiro atoms. The molecule has 8 heteroatoms. The zero-order valence-electron chi connectivity index (χ0n) is 21.0. The Hall–Kier alpha value is -4.43. The van der Waals surface area contributed by atoms with Gasteiger partial charge in [0.25, 0.3) is 0 Å². The third-order valence-electron chi connectivity index (χ3n) is 6.81. The zero-order chi connectivity index (χ0) is 26.3. The van der Waals surface area contributed by atoms with E-state index in [4.69, 9.17) is 10.5 Å². The van der Waals surface area contributed by atoms with Gasteiger partial charge in [0, 0.05) is 12.0 Å². The second kappa shape index (κ2) is 11.7. The summed E-state index contributed by atoms with van der Waals surface area (Å²) in [5.74, 6) is -0.0354. The Morgan fingerprint density at radius 3 is 2.26 bits per heavy atom. The maximum atomic E-state index is 13.1. The Balaban J connectivity index is 1.23. The Kier molecular flexibility index (Phi) is 7.80. The Morgan fingerprint density at radius 2 is 1.58 bits per heavy atom. The summed E-state index contributed by atoms with van der Waals surface area (Å²) in [4.78, 5) is 26.0. The minimum absolute atomic E-state index is 0.0573. The lowest BCUT2D eigenvalue weighted by Gasteiger charge is -2.19. The molecule has 2 amide bonds. The Labute approximate surface area is 221 Å². The van der Waals surface area contributed by atoms with E-state index < -0.39 is 12.1 Å². The topological polar surface area (TPSA) is 122 Å². The number of amides is 2. The highest BCUT2D eigenvalue weighted by Gasteiger charge is 2.30. The maximum Gasteiger partial charge on any atom is 0.407 e. The number of carbonyl (C=O) groups is 2. The van der Waals surface area contributed by atoms with Crippen LogP contribution < -0.4 is 16.4 Å². The number of anilines is 1. The van der Waals surface area contributed by atoms with E-state index >= 15 is 0 Å². The van der Waals surface area contributed by atoms with E-state index in [2.05, 4.69) is 45.1 Å². The zero-order valence-corrected chi connectivity index (χ0v) is 21.0. The van der Waals surface area contributed by atoms with Crippen molar-refractivity contribution in [2.24, 2.45) is 5.73 Å². The van der Waals surface area contributed by atoms with Crippen LogP contribution >= 0.6 is 0 Å². The van der Waals surface area contributed by atoms with Crippen molar-refractivity contribution in [1.82, 2.24) is 15.5 Å². The number of rotatable bonds is 10. The van der Waals surface area contributed by atoms with E-state index in [0.29, 0.717) is 25.2 Å². The molecular weight excluding hydrogens is 478 g/mol. The lowest BCUT2D eigenvalue weighted by atomic mass is 9.98. The lowest BCUT2D eigenvalue weighted by Crippen LogP contribution is -2.44. The van der Waals surface area contributed by atoms with Gasteiger partial charge >= 0.3 is 6.09 Å². The van der Waals surface area contributed by atoms with Crippen LogP contribution in [0.3, 0.4) is 0 Å². The molecule has 5 N–H and O–H groups in total. The number of aromatic amines is 1.